The molecule has 4 aromatic rings. The lowest BCUT2D eigenvalue weighted by Crippen LogP contribution is -2.40. The van der Waals surface area contributed by atoms with Crippen LogP contribution in [0.5, 0.6) is 11.8 Å². The van der Waals surface area contributed by atoms with Crippen LogP contribution in [0.1, 0.15) is 80.1 Å². The van der Waals surface area contributed by atoms with Crippen molar-refractivity contribution in [2.24, 2.45) is 21.8 Å². The predicted octanol–water partition coefficient (Wildman–Crippen LogP) is 10.2. The van der Waals surface area contributed by atoms with Gasteiger partial charge in [-0.15, -0.1) is 0 Å². The summed E-state index contributed by atoms with van der Waals surface area (Å²) in [6, 6.07) is 27.5. The first-order valence-corrected chi connectivity index (χ1v) is 20.4. The first-order valence-electron chi connectivity index (χ1n) is 20.4. The molecule has 0 aliphatic heterocycles. The highest BCUT2D eigenvalue weighted by atomic mass is 16.7. The van der Waals surface area contributed by atoms with Gasteiger partial charge in [0.25, 0.3) is 0 Å². The number of unbranched alkanes of at least 4 members (excludes halogenated alkanes) is 1. The monoisotopic (exact) mass is 788 g/mol. The highest BCUT2D eigenvalue weighted by Crippen LogP contribution is 2.53. The largest absolute Gasteiger partial charge is 0.515 e. The molecule has 10 heteroatoms. The van der Waals surface area contributed by atoms with Crippen LogP contribution in [0.2, 0.25) is 0 Å². The molecule has 4 aliphatic rings. The number of hydrogen-bond acceptors (Lipinski definition) is 10. The van der Waals surface area contributed by atoms with E-state index in [4.69, 9.17) is 38.9 Å². The number of aliphatic imine (C=N–C) groups is 2. The van der Waals surface area contributed by atoms with Gasteiger partial charge in [-0.1, -0.05) is 96.6 Å². The molecule has 4 bridgehead atoms. The Hall–Kier alpha value is -6.42. The van der Waals surface area contributed by atoms with E-state index in [0.29, 0.717) is 25.7 Å². The summed E-state index contributed by atoms with van der Waals surface area (Å²) in [5.74, 6) is 0.664. The van der Waals surface area contributed by atoms with E-state index in [-0.39, 0.29) is 36.8 Å². The summed E-state index contributed by atoms with van der Waals surface area (Å²) >= 11 is 0. The quantitative estimate of drug-likeness (QED) is 0.0637. The summed E-state index contributed by atoms with van der Waals surface area (Å²) in [6.45, 7) is 6.46. The normalized spacial score (nSPS) is 24.1. The molecule has 0 radical (unpaired) electrons. The zero-order valence-electron chi connectivity index (χ0n) is 33.7. The third-order valence-electron chi connectivity index (χ3n) is 11.6. The maximum Gasteiger partial charge on any atom is 0.515 e. The lowest BCUT2D eigenvalue weighted by Gasteiger charge is -2.45. The van der Waals surface area contributed by atoms with Crippen LogP contribution in [0.3, 0.4) is 0 Å². The average molecular weight is 789 g/mol. The SMILES string of the molecule is C/C=C1\C2C=CCC1(/N=C/c1ccccc1)c1ccc(OC(=O)OCCCCOC(=O)Oc3ccc4c(n3)CC3C=C(C)CC4(/N=C/c4ccccc4)/C3=C/C)nc1C2. The molecule has 8 rings (SSSR count). The molecule has 10 nitrogen and oxygen atoms in total. The van der Waals surface area contributed by atoms with Gasteiger partial charge >= 0.3 is 12.3 Å². The molecule has 0 spiro atoms. The Kier molecular flexibility index (Phi) is 11.5. The van der Waals surface area contributed by atoms with Crippen LogP contribution in [0.25, 0.3) is 0 Å². The highest BCUT2D eigenvalue weighted by Gasteiger charge is 2.47. The van der Waals surface area contributed by atoms with Crippen molar-refractivity contribution >= 4 is 24.7 Å². The molecule has 0 fully saturated rings. The maximum atomic E-state index is 12.7. The second-order valence-corrected chi connectivity index (χ2v) is 15.4. The highest BCUT2D eigenvalue weighted by molar-refractivity contribution is 5.81. The molecule has 4 unspecified atom stereocenters. The van der Waals surface area contributed by atoms with Gasteiger partial charge in [0.05, 0.1) is 24.6 Å². The average Bonchev–Trinajstić information content (AvgIpc) is 3.23. The van der Waals surface area contributed by atoms with Gasteiger partial charge in [-0.05, 0) is 74.4 Å². The van der Waals surface area contributed by atoms with E-state index >= 15 is 0 Å². The molecule has 59 heavy (non-hydrogen) atoms. The van der Waals surface area contributed by atoms with Crippen molar-refractivity contribution in [2.45, 2.75) is 70.4 Å². The second kappa shape index (κ2) is 17.2. The number of pyridine rings is 2. The first kappa shape index (κ1) is 39.4. The molecule has 0 saturated carbocycles. The molecule has 4 atom stereocenters. The van der Waals surface area contributed by atoms with Crippen molar-refractivity contribution < 1.29 is 28.5 Å². The van der Waals surface area contributed by atoms with Crippen LogP contribution in [0.4, 0.5) is 9.59 Å². The molecule has 2 aromatic carbocycles. The fraction of sp³-hybridized carbons (Fsp3) is 0.306. The van der Waals surface area contributed by atoms with Crippen LogP contribution >= 0.6 is 0 Å². The molecule has 4 aliphatic carbocycles. The number of nitrogens with zero attached hydrogens (tertiary/aromatic N) is 4. The van der Waals surface area contributed by atoms with Crippen molar-refractivity contribution in [1.82, 2.24) is 9.97 Å². The number of hydrogen-bond donors (Lipinski definition) is 0. The summed E-state index contributed by atoms with van der Waals surface area (Å²) < 4.78 is 21.6. The fourth-order valence-electron chi connectivity index (χ4n) is 9.14. The summed E-state index contributed by atoms with van der Waals surface area (Å²) in [4.78, 5) is 45.2. The van der Waals surface area contributed by atoms with Crippen LogP contribution in [0.15, 0.2) is 142 Å². The van der Waals surface area contributed by atoms with E-state index in [9.17, 15) is 9.59 Å². The Balaban J connectivity index is 0.823. The van der Waals surface area contributed by atoms with E-state index in [1.165, 1.54) is 16.7 Å². The van der Waals surface area contributed by atoms with E-state index in [1.54, 1.807) is 12.1 Å². The van der Waals surface area contributed by atoms with Gasteiger partial charge < -0.3 is 18.9 Å². The number of rotatable bonds is 11. The predicted molar refractivity (Wildman–Crippen MR) is 227 cm³/mol. The Labute approximate surface area is 345 Å². The summed E-state index contributed by atoms with van der Waals surface area (Å²) in [5.41, 5.74) is 8.44. The maximum absolute atomic E-state index is 12.7. The smallest absolute Gasteiger partial charge is 0.434 e. The molecular formula is C49H48N4O6. The number of aromatic nitrogens is 2. The summed E-state index contributed by atoms with van der Waals surface area (Å²) in [6.07, 6.45) is 17.0. The Morgan fingerprint density at radius 2 is 1.20 bits per heavy atom. The van der Waals surface area contributed by atoms with Gasteiger partial charge in [-0.3, -0.25) is 9.98 Å². The second-order valence-electron chi connectivity index (χ2n) is 15.4. The standard InChI is InChI=1S/C49H48N4O6/c1-4-38-36-19-14-24-48(38,50-31-34-15-8-6-9-16-34)40-20-22-44(52-42(40)28-36)58-46(54)56-25-12-13-26-57-47(55)59-45-23-21-41-43(53-45)29-37-27-33(3)30-49(41,39(37)5-2)51-32-35-17-10-7-11-18-35/h4-11,14-23,27,31-32,36-37H,12-13,24-26,28-30H2,1-3H3/b38-4+,39-5+,50-31+,51-32+. The Morgan fingerprint density at radius 3 is 1.76 bits per heavy atom. The molecule has 2 heterocycles. The third-order valence-corrected chi connectivity index (χ3v) is 11.6. The van der Waals surface area contributed by atoms with Gasteiger partial charge in [-0.25, -0.2) is 19.6 Å². The minimum Gasteiger partial charge on any atom is -0.434 e. The minimum atomic E-state index is -0.845. The number of allylic oxidation sites excluding steroid dienone is 4. The van der Waals surface area contributed by atoms with Gasteiger partial charge in [0.2, 0.25) is 11.8 Å². The minimum absolute atomic E-state index is 0.0843. The number of carbonyl (C=O) groups is 2. The van der Waals surface area contributed by atoms with Crippen molar-refractivity contribution in [1.29, 1.82) is 0 Å². The molecular weight excluding hydrogens is 741 g/mol. The molecule has 300 valence electrons. The van der Waals surface area contributed by atoms with E-state index in [2.05, 4.69) is 51.2 Å². The molecule has 2 aromatic heterocycles. The zero-order chi connectivity index (χ0) is 40.8. The third kappa shape index (κ3) is 8.17. The van der Waals surface area contributed by atoms with Gasteiger partial charge in [0.15, 0.2) is 0 Å². The van der Waals surface area contributed by atoms with Gasteiger partial charge in [-0.2, -0.15) is 0 Å². The Morgan fingerprint density at radius 1 is 0.695 bits per heavy atom. The Bertz CT molecular complexity index is 2400. The van der Waals surface area contributed by atoms with Gasteiger partial charge in [0, 0.05) is 66.8 Å². The van der Waals surface area contributed by atoms with Crippen LogP contribution in [-0.4, -0.2) is 47.9 Å². The van der Waals surface area contributed by atoms with Gasteiger partial charge in [0.1, 0.15) is 11.1 Å². The van der Waals surface area contributed by atoms with Crippen LogP contribution in [0, 0.1) is 11.8 Å². The zero-order valence-corrected chi connectivity index (χ0v) is 33.7. The number of fused-ring (bicyclic) bond motifs is 8. The first-order chi connectivity index (χ1) is 28.8. The molecule has 0 amide bonds. The fourth-order valence-corrected chi connectivity index (χ4v) is 9.14. The lowest BCUT2D eigenvalue weighted by atomic mass is 9.63. The summed E-state index contributed by atoms with van der Waals surface area (Å²) in [7, 11) is 0. The molecule has 0 N–H and O–H groups in total. The number of benzene rings is 2. The lowest BCUT2D eigenvalue weighted by molar-refractivity contribution is 0.0826. The van der Waals surface area contributed by atoms with Crippen molar-refractivity contribution in [2.75, 3.05) is 13.2 Å². The molecule has 0 saturated heterocycles. The topological polar surface area (TPSA) is 122 Å². The van der Waals surface area contributed by atoms with Crippen molar-refractivity contribution in [3.05, 3.63) is 166 Å². The van der Waals surface area contributed by atoms with Crippen molar-refractivity contribution in [3.8, 4) is 11.8 Å². The number of ether oxygens (including phenoxy) is 4. The van der Waals surface area contributed by atoms with Crippen LogP contribution < -0.4 is 9.47 Å². The van der Waals surface area contributed by atoms with E-state index < -0.39 is 23.4 Å². The number of carbonyl (C=O) groups excluding carboxylic acids is 2. The van der Waals surface area contributed by atoms with E-state index in [1.807, 2.05) is 85.2 Å². The van der Waals surface area contributed by atoms with E-state index in [0.717, 1.165) is 46.5 Å². The van der Waals surface area contributed by atoms with Crippen LogP contribution in [-0.2, 0) is 33.4 Å². The summed E-state index contributed by atoms with van der Waals surface area (Å²) in [5, 5.41) is 0. The van der Waals surface area contributed by atoms with Crippen molar-refractivity contribution in [3.63, 3.8) is 0 Å².